The van der Waals surface area contributed by atoms with Crippen LogP contribution in [-0.4, -0.2) is 33.1 Å². The average molecular weight is 438 g/mol. The van der Waals surface area contributed by atoms with Crippen molar-refractivity contribution in [2.45, 2.75) is 6.42 Å². The Kier molecular flexibility index (Phi) is 5.86. The van der Waals surface area contributed by atoms with Gasteiger partial charge in [-0.05, 0) is 73.7 Å². The third-order valence-electron chi connectivity index (χ3n) is 4.74. The number of nitrogens with zero attached hydrogens (tertiary/aromatic N) is 2. The van der Waals surface area contributed by atoms with E-state index in [1.165, 1.54) is 0 Å². The van der Waals surface area contributed by atoms with Gasteiger partial charge in [-0.3, -0.25) is 0 Å². The molecule has 1 radical (unpaired) electrons. The number of ether oxygens (including phenoxy) is 1. The Hall–Kier alpha value is -3.12. The fourth-order valence-electron chi connectivity index (χ4n) is 3.38. The molecule has 4 N–H and O–H groups in total. The summed E-state index contributed by atoms with van der Waals surface area (Å²) in [4.78, 5) is 16.2. The van der Waals surface area contributed by atoms with Gasteiger partial charge in [0.1, 0.15) is 5.75 Å². The van der Waals surface area contributed by atoms with E-state index in [9.17, 15) is 0 Å². The monoisotopic (exact) mass is 438 g/mol. The second-order valence-electron chi connectivity index (χ2n) is 7.03. The maximum atomic E-state index is 5.95. The molecule has 8 bridgehead atoms. The summed E-state index contributed by atoms with van der Waals surface area (Å²) in [6.45, 7) is 1.17. The van der Waals surface area contributed by atoms with E-state index in [4.69, 9.17) is 15.5 Å². The zero-order chi connectivity index (χ0) is 19.6. The van der Waals surface area contributed by atoms with Crippen LogP contribution in [0, 0.1) is 0 Å². The van der Waals surface area contributed by atoms with E-state index in [1.54, 1.807) is 0 Å². The summed E-state index contributed by atoms with van der Waals surface area (Å²) >= 11 is 0. The summed E-state index contributed by atoms with van der Waals surface area (Å²) in [5.41, 5.74) is 13.0. The van der Waals surface area contributed by atoms with Gasteiger partial charge in [0.05, 0.1) is 34.9 Å². The number of nitrogens with two attached hydrogens (primary N) is 1. The molecule has 0 saturated carbocycles. The Morgan fingerprint density at radius 2 is 1.30 bits per heavy atom. The predicted molar refractivity (Wildman–Crippen MR) is 118 cm³/mol. The molecule has 5 heterocycles. The summed E-state index contributed by atoms with van der Waals surface area (Å²) < 4.78 is 5.95. The normalized spacial score (nSPS) is 12.0. The molecule has 0 atom stereocenters. The van der Waals surface area contributed by atoms with Gasteiger partial charge in [-0.1, -0.05) is 0 Å². The molecule has 3 aromatic heterocycles. The van der Waals surface area contributed by atoms with E-state index >= 15 is 0 Å². The first-order chi connectivity index (χ1) is 14.2. The van der Waals surface area contributed by atoms with E-state index in [0.717, 1.165) is 57.0 Å². The van der Waals surface area contributed by atoms with Crippen molar-refractivity contribution in [3.05, 3.63) is 65.2 Å². The van der Waals surface area contributed by atoms with Crippen molar-refractivity contribution in [2.24, 2.45) is 5.73 Å². The first-order valence-electron chi connectivity index (χ1n) is 9.66. The summed E-state index contributed by atoms with van der Waals surface area (Å²) in [6.07, 6.45) is 8.82. The second kappa shape index (κ2) is 8.71. The topological polar surface area (TPSA) is 92.6 Å². The van der Waals surface area contributed by atoms with Gasteiger partial charge in [-0.2, -0.15) is 0 Å². The fraction of sp³-hybridized carbons (Fsp3) is 0.130. The van der Waals surface area contributed by atoms with Crippen LogP contribution in [0.15, 0.2) is 42.5 Å². The molecule has 30 heavy (non-hydrogen) atoms. The zero-order valence-corrected chi connectivity index (χ0v) is 17.4. The van der Waals surface area contributed by atoms with Crippen LogP contribution < -0.4 is 10.5 Å². The third kappa shape index (κ3) is 4.39. The first-order valence-corrected chi connectivity index (χ1v) is 9.66. The molecule has 0 unspecified atom stereocenters. The number of aromatic nitrogens is 4. The van der Waals surface area contributed by atoms with Crippen molar-refractivity contribution in [3.8, 4) is 5.75 Å². The third-order valence-corrected chi connectivity index (χ3v) is 4.74. The maximum absolute atomic E-state index is 5.95. The molecule has 0 amide bonds. The Balaban J connectivity index is 0.00000218. The number of hydrogen-bond donors (Lipinski definition) is 3. The van der Waals surface area contributed by atoms with Gasteiger partial charge in [-0.25, -0.2) is 9.97 Å². The van der Waals surface area contributed by atoms with Crippen LogP contribution in [0.3, 0.4) is 0 Å². The Labute approximate surface area is 184 Å². The van der Waals surface area contributed by atoms with Gasteiger partial charge in [0, 0.05) is 39.7 Å². The van der Waals surface area contributed by atoms with Crippen molar-refractivity contribution < 1.29 is 21.8 Å². The standard InChI is InChI=1S/C23H21N5O.Mn/c24-8-1-9-29-23-14-21-12-19-5-4-17(26-19)10-15-2-3-16(25-15)11-18-6-7-20(27-18)13-22(23)28-21;/h2-7,10-14,25,28H,1,8-9,24H2;. The van der Waals surface area contributed by atoms with Gasteiger partial charge in [0.15, 0.2) is 0 Å². The maximum Gasteiger partial charge on any atom is 0.144 e. The number of rotatable bonds is 4. The minimum absolute atomic E-state index is 0. The minimum Gasteiger partial charge on any atom is -0.491 e. The molecule has 2 aliphatic heterocycles. The molecule has 151 valence electrons. The van der Waals surface area contributed by atoms with Crippen molar-refractivity contribution in [1.29, 1.82) is 0 Å². The molecule has 3 aromatic rings. The zero-order valence-electron chi connectivity index (χ0n) is 16.2. The molecular formula is C23H21MnN5O. The molecule has 0 spiro atoms. The van der Waals surface area contributed by atoms with Crippen LogP contribution in [0.1, 0.15) is 29.2 Å². The number of aromatic amines is 2. The quantitative estimate of drug-likeness (QED) is 0.287. The average Bonchev–Trinajstić information content (AvgIpc) is 3.47. The summed E-state index contributed by atoms with van der Waals surface area (Å²) in [7, 11) is 0. The largest absolute Gasteiger partial charge is 0.491 e. The molecule has 0 saturated heterocycles. The molecule has 5 rings (SSSR count). The number of nitrogens with one attached hydrogen (secondary N) is 2. The summed E-state index contributed by atoms with van der Waals surface area (Å²) in [5.74, 6) is 0.787. The SMILES string of the molecule is NCCCOc1cc2cc3nc(cc4ccc(cc5nc(cc1[nH]2)C=C5)[nH]4)C=C3.[Mn]. The van der Waals surface area contributed by atoms with E-state index in [-0.39, 0.29) is 17.1 Å². The molecule has 0 fully saturated rings. The van der Waals surface area contributed by atoms with E-state index < -0.39 is 0 Å². The van der Waals surface area contributed by atoms with Gasteiger partial charge in [0.2, 0.25) is 0 Å². The fourth-order valence-corrected chi connectivity index (χ4v) is 3.38. The van der Waals surface area contributed by atoms with Gasteiger partial charge in [-0.15, -0.1) is 0 Å². The number of hydrogen-bond acceptors (Lipinski definition) is 4. The van der Waals surface area contributed by atoms with E-state index in [2.05, 4.69) is 15.0 Å². The van der Waals surface area contributed by atoms with Crippen LogP contribution in [0.4, 0.5) is 0 Å². The van der Waals surface area contributed by atoms with Gasteiger partial charge >= 0.3 is 0 Å². The molecule has 2 aliphatic rings. The second-order valence-corrected chi connectivity index (χ2v) is 7.03. The molecular weight excluding hydrogens is 417 g/mol. The van der Waals surface area contributed by atoms with Crippen molar-refractivity contribution in [2.75, 3.05) is 13.2 Å². The van der Waals surface area contributed by atoms with Gasteiger partial charge in [0.25, 0.3) is 0 Å². The summed E-state index contributed by atoms with van der Waals surface area (Å²) in [5, 5.41) is 0. The van der Waals surface area contributed by atoms with Crippen LogP contribution in [0.2, 0.25) is 0 Å². The van der Waals surface area contributed by atoms with Crippen molar-refractivity contribution in [1.82, 2.24) is 19.9 Å². The van der Waals surface area contributed by atoms with Gasteiger partial charge < -0.3 is 20.4 Å². The van der Waals surface area contributed by atoms with Crippen LogP contribution in [-0.2, 0) is 17.1 Å². The molecule has 6 nitrogen and oxygen atoms in total. The number of fused-ring (bicyclic) bond motifs is 8. The number of H-pyrrole nitrogens is 2. The molecule has 0 aromatic carbocycles. The van der Waals surface area contributed by atoms with E-state index in [0.29, 0.717) is 13.2 Å². The van der Waals surface area contributed by atoms with E-state index in [1.807, 2.05) is 66.8 Å². The van der Waals surface area contributed by atoms with Crippen LogP contribution in [0.5, 0.6) is 5.75 Å². The molecule has 0 aliphatic carbocycles. The molecule has 7 heteroatoms. The van der Waals surface area contributed by atoms with Crippen molar-refractivity contribution >= 4 is 46.4 Å². The smallest absolute Gasteiger partial charge is 0.144 e. The Morgan fingerprint density at radius 3 is 1.90 bits per heavy atom. The van der Waals surface area contributed by atoms with Crippen LogP contribution >= 0.6 is 0 Å². The van der Waals surface area contributed by atoms with Crippen LogP contribution in [0.25, 0.3) is 46.4 Å². The van der Waals surface area contributed by atoms with Crippen molar-refractivity contribution in [3.63, 3.8) is 0 Å². The Bertz CT molecular complexity index is 1290. The minimum atomic E-state index is 0. The Morgan fingerprint density at radius 1 is 0.733 bits per heavy atom. The first kappa shape index (κ1) is 20.2. The summed E-state index contributed by atoms with van der Waals surface area (Å²) in [6, 6.07) is 14.1. The predicted octanol–water partition coefficient (Wildman–Crippen LogP) is 4.38.